The first kappa shape index (κ1) is 15.7. The largest absolute Gasteiger partial charge is 0.595 e. The zero-order valence-corrected chi connectivity index (χ0v) is 11.6. The van der Waals surface area contributed by atoms with E-state index in [0.29, 0.717) is 10.6 Å². The van der Waals surface area contributed by atoms with Crippen molar-refractivity contribution in [2.75, 3.05) is 6.61 Å². The number of ether oxygens (including phenoxy) is 1. The Kier molecular flexibility index (Phi) is 6.27. The Hall–Kier alpha value is -2.32. The molecule has 1 rings (SSSR count). The van der Waals surface area contributed by atoms with E-state index >= 15 is 0 Å². The van der Waals surface area contributed by atoms with Gasteiger partial charge in [-0.1, -0.05) is 22.9 Å². The zero-order valence-electron chi connectivity index (χ0n) is 11.6. The highest BCUT2D eigenvalue weighted by Gasteiger charge is 2.10. The molecule has 5 heteroatoms. The second kappa shape index (κ2) is 7.97. The number of nitrogens with zero attached hydrogens (tertiary/aromatic N) is 2. The highest BCUT2D eigenvalue weighted by molar-refractivity contribution is 5.49. The van der Waals surface area contributed by atoms with E-state index in [0.717, 1.165) is 5.56 Å². The second-order valence-electron chi connectivity index (χ2n) is 4.28. The van der Waals surface area contributed by atoms with Crippen LogP contribution in [0.3, 0.4) is 0 Å². The molecular weight excluding hydrogens is 256 g/mol. The van der Waals surface area contributed by atoms with Gasteiger partial charge in [0, 0.05) is 6.08 Å². The quantitative estimate of drug-likeness (QED) is 0.375. The van der Waals surface area contributed by atoms with E-state index in [9.17, 15) is 10.3 Å². The van der Waals surface area contributed by atoms with Crippen molar-refractivity contribution in [1.29, 1.82) is 0 Å². The molecule has 0 aromatic heterocycles. The number of aliphatic hydroxyl groups excluding tert-OH is 1. The van der Waals surface area contributed by atoms with Crippen LogP contribution in [-0.4, -0.2) is 28.7 Å². The molecule has 0 heterocycles. The van der Waals surface area contributed by atoms with Crippen molar-refractivity contribution in [3.05, 3.63) is 41.2 Å². The van der Waals surface area contributed by atoms with Crippen LogP contribution in [-0.2, 0) is 0 Å². The first-order chi connectivity index (χ1) is 9.52. The van der Waals surface area contributed by atoms with Crippen molar-refractivity contribution >= 4 is 6.08 Å². The summed E-state index contributed by atoms with van der Waals surface area (Å²) >= 11 is 0. The number of aliphatic hydroxyl groups is 1. The maximum atomic E-state index is 11.4. The molecule has 5 nitrogen and oxygen atoms in total. The summed E-state index contributed by atoms with van der Waals surface area (Å²) in [7, 11) is 0. The summed E-state index contributed by atoms with van der Waals surface area (Å²) in [5, 5.41) is 24.4. The fraction of sp³-hybridized carbons (Fsp3) is 0.333. The molecule has 0 fully saturated rings. The minimum atomic E-state index is -0.660. The van der Waals surface area contributed by atoms with Crippen molar-refractivity contribution in [1.82, 2.24) is 0 Å². The molecule has 0 radical (unpaired) electrons. The van der Waals surface area contributed by atoms with Crippen LogP contribution in [0.4, 0.5) is 0 Å². The fourth-order valence-corrected chi connectivity index (χ4v) is 1.26. The molecule has 0 saturated carbocycles. The van der Waals surface area contributed by atoms with E-state index in [2.05, 4.69) is 11.0 Å². The molecule has 2 unspecified atom stereocenters. The highest BCUT2D eigenvalue weighted by Crippen LogP contribution is 2.13. The van der Waals surface area contributed by atoms with Gasteiger partial charge < -0.3 is 15.1 Å². The second-order valence-corrected chi connectivity index (χ2v) is 4.28. The molecule has 2 atom stereocenters. The maximum absolute atomic E-state index is 11.4. The summed E-state index contributed by atoms with van der Waals surface area (Å²) in [5.41, 5.74) is 0.832. The molecule has 0 aliphatic carbocycles. The van der Waals surface area contributed by atoms with Gasteiger partial charge in [0.05, 0.1) is 6.10 Å². The van der Waals surface area contributed by atoms with Crippen molar-refractivity contribution in [2.45, 2.75) is 26.0 Å². The Bertz CT molecular complexity index is 513. The summed E-state index contributed by atoms with van der Waals surface area (Å²) in [4.78, 5) is 0.445. The Labute approximate surface area is 118 Å². The molecule has 0 aliphatic heterocycles. The summed E-state index contributed by atoms with van der Waals surface area (Å²) in [6.45, 7) is 3.47. The smallest absolute Gasteiger partial charge is 0.210 e. The van der Waals surface area contributed by atoms with Gasteiger partial charge in [-0.3, -0.25) is 0 Å². The number of hydroxylamine groups is 1. The van der Waals surface area contributed by atoms with Crippen molar-refractivity contribution in [3.8, 4) is 18.1 Å². The third kappa shape index (κ3) is 5.55. The van der Waals surface area contributed by atoms with Crippen molar-refractivity contribution < 1.29 is 14.7 Å². The van der Waals surface area contributed by atoms with Gasteiger partial charge in [0.1, 0.15) is 18.4 Å². The average molecular weight is 274 g/mol. The van der Waals surface area contributed by atoms with Crippen LogP contribution < -0.4 is 4.74 Å². The molecule has 20 heavy (non-hydrogen) atoms. The Balaban J connectivity index is 2.64. The lowest BCUT2D eigenvalue weighted by Crippen LogP contribution is -2.18. The van der Waals surface area contributed by atoms with Crippen molar-refractivity contribution in [3.63, 3.8) is 0 Å². The van der Waals surface area contributed by atoms with Crippen LogP contribution in [0.5, 0.6) is 5.75 Å². The summed E-state index contributed by atoms with van der Waals surface area (Å²) in [6, 6.07) is 6.68. The lowest BCUT2D eigenvalue weighted by Gasteiger charge is -2.05. The number of azo groups is 1. The standard InChI is InChI=1S/C15H18N2O3/c1-4-11-20-15-7-5-14(6-8-15)9-10-17(19)16-12(2)13(3)18/h1,5-10,12-13,18H,11H2,2-3H3. The Morgan fingerprint density at radius 1 is 1.45 bits per heavy atom. The van der Waals surface area contributed by atoms with Gasteiger partial charge in [0.25, 0.3) is 0 Å². The first-order valence-corrected chi connectivity index (χ1v) is 6.22. The molecule has 0 bridgehead atoms. The molecule has 0 amide bonds. The summed E-state index contributed by atoms with van der Waals surface area (Å²) < 4.78 is 5.24. The molecular formula is C15H18N2O3. The lowest BCUT2D eigenvalue weighted by molar-refractivity contribution is -0.462. The zero-order chi connectivity index (χ0) is 15.0. The molecule has 1 aromatic rings. The van der Waals surface area contributed by atoms with Crippen LogP contribution in [0.1, 0.15) is 19.4 Å². The van der Waals surface area contributed by atoms with Crippen LogP contribution in [0.2, 0.25) is 0 Å². The van der Waals surface area contributed by atoms with Gasteiger partial charge in [-0.15, -0.1) is 6.42 Å². The van der Waals surface area contributed by atoms with E-state index in [4.69, 9.17) is 11.2 Å². The molecule has 0 spiro atoms. The summed E-state index contributed by atoms with van der Waals surface area (Å²) in [6.07, 6.45) is 7.34. The number of benzene rings is 1. The normalized spacial score (nSPS) is 14.8. The van der Waals surface area contributed by atoms with Gasteiger partial charge >= 0.3 is 0 Å². The van der Waals surface area contributed by atoms with Crippen LogP contribution >= 0.6 is 0 Å². The third-order valence-electron chi connectivity index (χ3n) is 2.59. The summed E-state index contributed by atoms with van der Waals surface area (Å²) in [5.74, 6) is 3.05. The van der Waals surface area contributed by atoms with Crippen molar-refractivity contribution in [2.24, 2.45) is 5.11 Å². The minimum Gasteiger partial charge on any atom is -0.595 e. The van der Waals surface area contributed by atoms with Gasteiger partial charge in [-0.2, -0.15) is 0 Å². The molecule has 1 N–H and O–H groups in total. The maximum Gasteiger partial charge on any atom is 0.210 e. The predicted octanol–water partition coefficient (Wildman–Crippen LogP) is 2.40. The average Bonchev–Trinajstić information content (AvgIpc) is 2.43. The van der Waals surface area contributed by atoms with E-state index in [1.807, 2.05) is 0 Å². The highest BCUT2D eigenvalue weighted by atomic mass is 16.5. The Morgan fingerprint density at radius 3 is 2.65 bits per heavy atom. The minimum absolute atomic E-state index is 0.222. The number of hydrogen-bond acceptors (Lipinski definition) is 4. The van der Waals surface area contributed by atoms with Gasteiger partial charge in [-0.25, -0.2) is 0 Å². The van der Waals surface area contributed by atoms with Crippen LogP contribution in [0.15, 0.2) is 35.6 Å². The molecule has 0 aliphatic rings. The predicted molar refractivity (Wildman–Crippen MR) is 77.0 cm³/mol. The number of rotatable bonds is 6. The van der Waals surface area contributed by atoms with Crippen LogP contribution in [0, 0.1) is 17.6 Å². The van der Waals surface area contributed by atoms with E-state index in [1.165, 1.54) is 6.20 Å². The molecule has 106 valence electrons. The first-order valence-electron chi connectivity index (χ1n) is 6.22. The van der Waals surface area contributed by atoms with Gasteiger partial charge in [-0.05, 0) is 36.7 Å². The Morgan fingerprint density at radius 2 is 2.10 bits per heavy atom. The topological polar surface area (TPSA) is 67.9 Å². The van der Waals surface area contributed by atoms with Gasteiger partial charge in [0.15, 0.2) is 0 Å². The SMILES string of the molecule is C#CCOc1ccc(C=C[N+]([O-])=NC(C)C(C)O)cc1. The lowest BCUT2D eigenvalue weighted by atomic mass is 10.2. The molecule has 1 aromatic carbocycles. The van der Waals surface area contributed by atoms with E-state index in [1.54, 1.807) is 44.2 Å². The number of hydrogen-bond donors (Lipinski definition) is 1. The van der Waals surface area contributed by atoms with Gasteiger partial charge in [0.2, 0.25) is 6.20 Å². The fourth-order valence-electron chi connectivity index (χ4n) is 1.26. The number of terminal acetylenes is 1. The molecule has 0 saturated heterocycles. The third-order valence-corrected chi connectivity index (χ3v) is 2.59. The van der Waals surface area contributed by atoms with Crippen LogP contribution in [0.25, 0.3) is 6.08 Å². The van der Waals surface area contributed by atoms with E-state index in [-0.39, 0.29) is 6.61 Å². The van der Waals surface area contributed by atoms with E-state index < -0.39 is 12.1 Å². The monoisotopic (exact) mass is 274 g/mol.